The summed E-state index contributed by atoms with van der Waals surface area (Å²) >= 11 is 29.7. The molecule has 0 radical (unpaired) electrons. The Hall–Kier alpha value is -1.15. The Balaban J connectivity index is 1.82. The molecule has 1 aromatic heterocycles. The van der Waals surface area contributed by atoms with Crippen molar-refractivity contribution >= 4 is 73.8 Å². The molecule has 3 rings (SSSR count). The summed E-state index contributed by atoms with van der Waals surface area (Å²) in [5.74, 6) is 0.113. The number of nitrogens with zero attached hydrogens (tertiary/aromatic N) is 2. The maximum atomic E-state index is 12.6. The maximum absolute atomic E-state index is 12.6. The predicted octanol–water partition coefficient (Wildman–Crippen LogP) is 6.00. The van der Waals surface area contributed by atoms with Gasteiger partial charge >= 0.3 is 0 Å². The van der Waals surface area contributed by atoms with Crippen molar-refractivity contribution in [3.05, 3.63) is 73.3 Å². The molecule has 5 nitrogen and oxygen atoms in total. The molecule has 0 spiro atoms. The van der Waals surface area contributed by atoms with Crippen LogP contribution in [-0.2, 0) is 16.6 Å². The van der Waals surface area contributed by atoms with E-state index in [0.717, 1.165) is 5.56 Å². The van der Waals surface area contributed by atoms with Gasteiger partial charge in [0.05, 0.1) is 21.6 Å². The first-order valence-electron chi connectivity index (χ1n) is 7.30. The molecule has 0 aliphatic rings. The number of anilines is 1. The lowest BCUT2D eigenvalue weighted by Gasteiger charge is -2.09. The SMILES string of the molecule is O=S(=O)(Nc1ccn(Cc2ccc(Cl)cc2Cl)n1)c1cc(Cl)c(Cl)cc1Cl. The highest BCUT2D eigenvalue weighted by Gasteiger charge is 2.21. The summed E-state index contributed by atoms with van der Waals surface area (Å²) in [6.45, 7) is 0.339. The number of aromatic nitrogens is 2. The molecule has 0 fully saturated rings. The van der Waals surface area contributed by atoms with Gasteiger partial charge in [-0.3, -0.25) is 9.40 Å². The Morgan fingerprint density at radius 1 is 0.889 bits per heavy atom. The van der Waals surface area contributed by atoms with Crippen LogP contribution in [0.3, 0.4) is 0 Å². The molecule has 1 heterocycles. The second kappa shape index (κ2) is 8.07. The summed E-state index contributed by atoms with van der Waals surface area (Å²) in [7, 11) is -4.00. The summed E-state index contributed by atoms with van der Waals surface area (Å²) in [6, 6.07) is 9.05. The van der Waals surface area contributed by atoms with Crippen LogP contribution in [0.4, 0.5) is 5.82 Å². The molecule has 0 atom stereocenters. The van der Waals surface area contributed by atoms with Crippen LogP contribution in [0.5, 0.6) is 0 Å². The van der Waals surface area contributed by atoms with Crippen LogP contribution in [0, 0.1) is 0 Å². The van der Waals surface area contributed by atoms with Crippen LogP contribution in [-0.4, -0.2) is 18.2 Å². The largest absolute Gasteiger partial charge is 0.266 e. The molecular formula is C16H10Cl5N3O2S. The highest BCUT2D eigenvalue weighted by atomic mass is 35.5. The Labute approximate surface area is 180 Å². The standard InChI is InChI=1S/C16H10Cl5N3O2S/c17-10-2-1-9(11(18)5-10)8-24-4-3-16(22-24)23-27(25,26)15-7-13(20)12(19)6-14(15)21/h1-7H,8H2,(H,22,23). The number of benzene rings is 2. The Morgan fingerprint density at radius 2 is 1.59 bits per heavy atom. The van der Waals surface area contributed by atoms with E-state index >= 15 is 0 Å². The minimum absolute atomic E-state index is 0.0516. The normalized spacial score (nSPS) is 11.6. The first-order chi connectivity index (χ1) is 12.7. The average Bonchev–Trinajstić information content (AvgIpc) is 2.99. The molecule has 0 amide bonds. The fourth-order valence-corrected chi connectivity index (χ4v) is 4.70. The first-order valence-corrected chi connectivity index (χ1v) is 10.7. The predicted molar refractivity (Wildman–Crippen MR) is 110 cm³/mol. The van der Waals surface area contributed by atoms with Crippen LogP contribution in [0.15, 0.2) is 47.5 Å². The van der Waals surface area contributed by atoms with Gasteiger partial charge in [0.1, 0.15) is 4.90 Å². The highest BCUT2D eigenvalue weighted by molar-refractivity contribution is 7.92. The van der Waals surface area contributed by atoms with Gasteiger partial charge < -0.3 is 0 Å². The number of sulfonamides is 1. The molecule has 3 aromatic rings. The fraction of sp³-hybridized carbons (Fsp3) is 0.0625. The van der Waals surface area contributed by atoms with Gasteiger partial charge in [-0.1, -0.05) is 64.1 Å². The monoisotopic (exact) mass is 483 g/mol. The molecule has 142 valence electrons. The van der Waals surface area contributed by atoms with Gasteiger partial charge in [-0.05, 0) is 29.8 Å². The Morgan fingerprint density at radius 3 is 2.30 bits per heavy atom. The van der Waals surface area contributed by atoms with Gasteiger partial charge in [0.15, 0.2) is 5.82 Å². The Kier molecular flexibility index (Phi) is 6.15. The van der Waals surface area contributed by atoms with E-state index in [1.165, 1.54) is 22.9 Å². The summed E-state index contributed by atoms with van der Waals surface area (Å²) in [4.78, 5) is -0.200. The van der Waals surface area contributed by atoms with Gasteiger partial charge in [-0.15, -0.1) is 0 Å². The van der Waals surface area contributed by atoms with Crippen LogP contribution in [0.1, 0.15) is 5.56 Å². The highest BCUT2D eigenvalue weighted by Crippen LogP contribution is 2.32. The second-order valence-electron chi connectivity index (χ2n) is 5.44. The Bertz CT molecular complexity index is 1120. The lowest BCUT2D eigenvalue weighted by atomic mass is 10.2. The van der Waals surface area contributed by atoms with E-state index in [-0.39, 0.29) is 25.8 Å². The van der Waals surface area contributed by atoms with Gasteiger partial charge in [-0.25, -0.2) is 8.42 Å². The molecular weight excluding hydrogens is 476 g/mol. The molecule has 0 aliphatic heterocycles. The van der Waals surface area contributed by atoms with Crippen LogP contribution >= 0.6 is 58.0 Å². The van der Waals surface area contributed by atoms with E-state index in [4.69, 9.17) is 58.0 Å². The minimum Gasteiger partial charge on any atom is -0.266 e. The number of hydrogen-bond acceptors (Lipinski definition) is 3. The summed E-state index contributed by atoms with van der Waals surface area (Å²) in [6.07, 6.45) is 1.61. The van der Waals surface area contributed by atoms with E-state index in [1.807, 2.05) is 0 Å². The van der Waals surface area contributed by atoms with Crippen molar-refractivity contribution in [1.82, 2.24) is 9.78 Å². The summed E-state index contributed by atoms with van der Waals surface area (Å²) in [5, 5.41) is 5.37. The van der Waals surface area contributed by atoms with Crippen molar-refractivity contribution in [2.24, 2.45) is 0 Å². The third kappa shape index (κ3) is 4.83. The minimum atomic E-state index is -4.00. The van der Waals surface area contributed by atoms with E-state index in [2.05, 4.69) is 9.82 Å². The molecule has 2 aromatic carbocycles. The zero-order chi connectivity index (χ0) is 19.8. The third-order valence-corrected chi connectivity index (χ3v) is 6.62. The molecule has 0 unspecified atom stereocenters. The second-order valence-corrected chi connectivity index (χ2v) is 9.15. The van der Waals surface area contributed by atoms with Gasteiger partial charge in [-0.2, -0.15) is 5.10 Å². The van der Waals surface area contributed by atoms with Crippen molar-refractivity contribution in [3.63, 3.8) is 0 Å². The van der Waals surface area contributed by atoms with Crippen molar-refractivity contribution < 1.29 is 8.42 Å². The maximum Gasteiger partial charge on any atom is 0.264 e. The van der Waals surface area contributed by atoms with Crippen molar-refractivity contribution in [2.75, 3.05) is 4.72 Å². The molecule has 0 bridgehead atoms. The van der Waals surface area contributed by atoms with Crippen LogP contribution in [0.25, 0.3) is 0 Å². The van der Waals surface area contributed by atoms with Gasteiger partial charge in [0.25, 0.3) is 10.0 Å². The summed E-state index contributed by atoms with van der Waals surface area (Å²) in [5.41, 5.74) is 0.783. The summed E-state index contributed by atoms with van der Waals surface area (Å²) < 4.78 is 29.0. The molecule has 27 heavy (non-hydrogen) atoms. The average molecular weight is 486 g/mol. The van der Waals surface area contributed by atoms with Crippen molar-refractivity contribution in [1.29, 1.82) is 0 Å². The zero-order valence-electron chi connectivity index (χ0n) is 13.3. The molecule has 0 saturated carbocycles. The smallest absolute Gasteiger partial charge is 0.264 e. The van der Waals surface area contributed by atoms with Gasteiger partial charge in [0.2, 0.25) is 0 Å². The van der Waals surface area contributed by atoms with E-state index in [9.17, 15) is 8.42 Å². The molecule has 1 N–H and O–H groups in total. The number of halogens is 5. The lowest BCUT2D eigenvalue weighted by Crippen LogP contribution is -2.14. The number of nitrogens with one attached hydrogen (secondary N) is 1. The molecule has 0 aliphatic carbocycles. The lowest BCUT2D eigenvalue weighted by molar-refractivity contribution is 0.600. The van der Waals surface area contributed by atoms with Crippen LogP contribution < -0.4 is 4.72 Å². The van der Waals surface area contributed by atoms with Crippen molar-refractivity contribution in [2.45, 2.75) is 11.4 Å². The molecule has 11 heteroatoms. The van der Waals surface area contributed by atoms with Crippen molar-refractivity contribution in [3.8, 4) is 0 Å². The quantitative estimate of drug-likeness (QED) is 0.451. The van der Waals surface area contributed by atoms with E-state index in [0.29, 0.717) is 16.6 Å². The fourth-order valence-electron chi connectivity index (χ4n) is 2.23. The zero-order valence-corrected chi connectivity index (χ0v) is 17.9. The van der Waals surface area contributed by atoms with Crippen LogP contribution in [0.2, 0.25) is 25.1 Å². The van der Waals surface area contributed by atoms with Gasteiger partial charge in [0, 0.05) is 22.3 Å². The van der Waals surface area contributed by atoms with E-state index in [1.54, 1.807) is 24.4 Å². The number of rotatable bonds is 5. The number of hydrogen-bond donors (Lipinski definition) is 1. The third-order valence-electron chi connectivity index (χ3n) is 3.49. The molecule has 0 saturated heterocycles. The topological polar surface area (TPSA) is 64.0 Å². The van der Waals surface area contributed by atoms with E-state index < -0.39 is 10.0 Å². The first kappa shape index (κ1) is 20.6.